The highest BCUT2D eigenvalue weighted by atomic mass is 35.5. The lowest BCUT2D eigenvalue weighted by Gasteiger charge is -2.39. The molecule has 2 atom stereocenters. The van der Waals surface area contributed by atoms with Crippen LogP contribution in [0, 0.1) is 5.92 Å². The van der Waals surface area contributed by atoms with E-state index in [1.807, 2.05) is 70.9 Å². The average molecular weight is 1660 g/mol. The molecule has 2 unspecified atom stereocenters. The fraction of sp³-hybridized carbons (Fsp3) is 0.368. The van der Waals surface area contributed by atoms with Crippen LogP contribution in [0.15, 0.2) is 279 Å². The molecule has 10 aromatic carbocycles. The van der Waals surface area contributed by atoms with Gasteiger partial charge in [-0.1, -0.05) is 174 Å². The summed E-state index contributed by atoms with van der Waals surface area (Å²) in [5.74, 6) is 1.53. The molecule has 1 N–H and O–H groups in total. The molecule has 0 aromatic heterocycles. The third kappa shape index (κ3) is 22.6. The van der Waals surface area contributed by atoms with E-state index in [1.165, 1.54) is 145 Å². The number of anilines is 10. The van der Waals surface area contributed by atoms with Gasteiger partial charge < -0.3 is 63.3 Å². The average Bonchev–Trinajstić information content (AvgIpc) is 0.794. The zero-order valence-electron chi connectivity index (χ0n) is 69.3. The molecular weight excluding hydrogens is 1540 g/mol. The van der Waals surface area contributed by atoms with Crippen molar-refractivity contribution in [2.75, 3.05) is 212 Å². The summed E-state index contributed by atoms with van der Waals surface area (Å²) in [7, 11) is 19.3. The van der Waals surface area contributed by atoms with E-state index in [-0.39, 0.29) is 6.61 Å². The number of piperazine rings is 2. The number of aliphatic hydroxyl groups is 1. The molecule has 606 valence electrons. The largest absolute Gasteiger partial charge is 0.497 e. The van der Waals surface area contributed by atoms with Gasteiger partial charge in [0.05, 0.1) is 98.3 Å². The molecule has 0 radical (unpaired) electrons. The van der Waals surface area contributed by atoms with E-state index in [1.54, 1.807) is 7.11 Å². The predicted octanol–water partition coefficient (Wildman–Crippen LogP) is 21.0. The van der Waals surface area contributed by atoms with Crippen molar-refractivity contribution in [3.05, 3.63) is 236 Å². The van der Waals surface area contributed by atoms with Crippen molar-refractivity contribution in [3.8, 4) is 5.75 Å². The molecular formula is C95H118ClN12O2S5+. The Bertz CT molecular complexity index is 4650. The van der Waals surface area contributed by atoms with E-state index in [0.29, 0.717) is 12.0 Å². The minimum Gasteiger partial charge on any atom is -0.497 e. The van der Waals surface area contributed by atoms with Crippen LogP contribution in [0.2, 0.25) is 5.02 Å². The standard InChI is InChI=1S/C21H26ClN3OS.C20H25N3S.C18H22N2OS.C18H23N2S.C18H22N2S/c22-17-6-7-21-19(16-17)25(18-4-1-2-5-20(18)27-21)9-3-8-23-10-12-24(13-11-23)14-15-26;1-21-13-15-22(16-14-21)11-6-12-23-17-7-2-4-9-19(17)24-20-10-5-3-8-18(20)23;1-19(2)11-6-12-20-15-7-4-5-8-17(15)22-18-10-9-14(21-3)13-16(18)20;1-14(20(2,3)4)13-19-15-9-5-7-11-17(15)21-18-12-8-6-10-16(18)19;1-14(12-19(2)3)13-20-15-8-4-6-10-17(15)21-18-11-7-5-9-16(18)20/h1-2,4-7,16,26H,3,8-15H2;2-5,7-10H,6,11-16H2,1H3;4-5,7-10,13H,6,11-12H2,1-3H3;5-12,14H,13H2,1-4H3;4-11,14H,12-13H2,1-3H3/q;;;+1;. The van der Waals surface area contributed by atoms with Gasteiger partial charge in [0, 0.05) is 152 Å². The molecule has 0 spiro atoms. The lowest BCUT2D eigenvalue weighted by molar-refractivity contribution is -0.892. The lowest BCUT2D eigenvalue weighted by Crippen LogP contribution is -2.49. The van der Waals surface area contributed by atoms with Crippen LogP contribution in [-0.2, 0) is 0 Å². The molecule has 17 rings (SSSR count). The van der Waals surface area contributed by atoms with E-state index in [4.69, 9.17) is 21.4 Å². The number of ether oxygens (including phenoxy) is 1. The van der Waals surface area contributed by atoms with Gasteiger partial charge in [0.1, 0.15) is 11.8 Å². The SMILES string of the molecule is CC(CN(C)C)CN1c2ccccc2Sc2ccccc21.CC(CN1c2ccccc2Sc2ccccc21)[N+](C)(C)C.CN1CCN(CCCN2c3ccccc3Sc3ccccc32)CC1.COc1ccc2c(c1)N(CCCN(C)C)c1ccccc1S2.OCCN1CCN(CCCN2c3ccccc3Sc3ccc(Cl)cc32)CC1. The quantitative estimate of drug-likeness (QED) is 0.0654. The van der Waals surface area contributed by atoms with Gasteiger partial charge in [-0.15, -0.1) is 0 Å². The Morgan fingerprint density at radius 3 is 1.04 bits per heavy atom. The summed E-state index contributed by atoms with van der Waals surface area (Å²) in [5, 5.41) is 9.87. The Labute approximate surface area is 713 Å². The van der Waals surface area contributed by atoms with Gasteiger partial charge in [0.25, 0.3) is 0 Å². The predicted molar refractivity (Wildman–Crippen MR) is 493 cm³/mol. The van der Waals surface area contributed by atoms with E-state index >= 15 is 0 Å². The zero-order valence-corrected chi connectivity index (χ0v) is 74.1. The second-order valence-electron chi connectivity index (χ2n) is 32.1. The molecule has 7 heterocycles. The Morgan fingerprint density at radius 2 is 0.687 bits per heavy atom. The highest BCUT2D eigenvalue weighted by Gasteiger charge is 2.32. The van der Waals surface area contributed by atoms with Crippen LogP contribution in [-0.4, -0.2) is 233 Å². The molecule has 0 aliphatic carbocycles. The second-order valence-corrected chi connectivity index (χ2v) is 38.0. The van der Waals surface area contributed by atoms with Crippen LogP contribution in [0.1, 0.15) is 33.1 Å². The van der Waals surface area contributed by atoms with Crippen molar-refractivity contribution in [2.45, 2.75) is 88.1 Å². The fourth-order valence-corrected chi connectivity index (χ4v) is 21.2. The van der Waals surface area contributed by atoms with Gasteiger partial charge in [0.15, 0.2) is 0 Å². The van der Waals surface area contributed by atoms with Crippen molar-refractivity contribution in [3.63, 3.8) is 0 Å². The van der Waals surface area contributed by atoms with Crippen LogP contribution < -0.4 is 29.2 Å². The van der Waals surface area contributed by atoms with Crippen molar-refractivity contribution < 1.29 is 14.3 Å². The number of quaternary nitrogens is 1. The monoisotopic (exact) mass is 1650 g/mol. The highest BCUT2D eigenvalue weighted by molar-refractivity contribution is 8.00. The Balaban J connectivity index is 0.000000126. The van der Waals surface area contributed by atoms with E-state index < -0.39 is 0 Å². The van der Waals surface area contributed by atoms with Crippen LogP contribution in [0.5, 0.6) is 5.75 Å². The van der Waals surface area contributed by atoms with Gasteiger partial charge in [-0.05, 0) is 214 Å². The molecule has 2 saturated heterocycles. The van der Waals surface area contributed by atoms with Gasteiger partial charge in [-0.2, -0.15) is 0 Å². The van der Waals surface area contributed by atoms with Crippen molar-refractivity contribution in [1.82, 2.24) is 29.4 Å². The van der Waals surface area contributed by atoms with Crippen LogP contribution in [0.4, 0.5) is 56.9 Å². The van der Waals surface area contributed by atoms with E-state index in [9.17, 15) is 0 Å². The summed E-state index contributed by atoms with van der Waals surface area (Å²) < 4.78 is 6.38. The van der Waals surface area contributed by atoms with Crippen LogP contribution in [0.25, 0.3) is 0 Å². The first kappa shape index (κ1) is 85.6. The summed E-state index contributed by atoms with van der Waals surface area (Å²) in [5.41, 5.74) is 13.1. The lowest BCUT2D eigenvalue weighted by atomic mass is 10.1. The third-order valence-corrected chi connectivity index (χ3v) is 28.0. The maximum absolute atomic E-state index is 9.08. The number of para-hydroxylation sites is 8. The van der Waals surface area contributed by atoms with Crippen molar-refractivity contribution in [2.24, 2.45) is 5.92 Å². The maximum atomic E-state index is 9.08. The number of hydrogen-bond acceptors (Lipinski definition) is 18. The Kier molecular flexibility index (Phi) is 30.8. The number of benzene rings is 10. The molecule has 20 heteroatoms. The second kappa shape index (κ2) is 41.4. The minimum atomic E-state index is 0.258. The third-order valence-electron chi connectivity index (χ3n) is 22.1. The Morgan fingerprint density at radius 1 is 0.374 bits per heavy atom. The van der Waals surface area contributed by atoms with Gasteiger partial charge in [0.2, 0.25) is 0 Å². The minimum absolute atomic E-state index is 0.258. The van der Waals surface area contributed by atoms with E-state index in [2.05, 4.69) is 343 Å². The van der Waals surface area contributed by atoms with E-state index in [0.717, 1.165) is 113 Å². The summed E-state index contributed by atoms with van der Waals surface area (Å²) in [6.45, 7) is 24.5. The molecule has 14 nitrogen and oxygen atoms in total. The Hall–Kier alpha value is -7.28. The molecule has 2 fully saturated rings. The first-order valence-electron chi connectivity index (χ1n) is 40.9. The number of aliphatic hydroxyl groups excluding tert-OH is 1. The number of fused-ring (bicyclic) bond motifs is 10. The van der Waals surface area contributed by atoms with Gasteiger partial charge >= 0.3 is 0 Å². The van der Waals surface area contributed by atoms with Crippen LogP contribution in [0.3, 0.4) is 0 Å². The molecule has 0 amide bonds. The summed E-state index contributed by atoms with van der Waals surface area (Å²) in [4.78, 5) is 40.1. The number of hydrogen-bond donors (Lipinski definition) is 1. The number of halogens is 1. The first-order chi connectivity index (χ1) is 55.9. The van der Waals surface area contributed by atoms with Crippen LogP contribution >= 0.6 is 70.4 Å². The number of rotatable bonds is 22. The number of β-amino-alcohol motifs (C(OH)–C–C–N with tert-alkyl or cyclic N) is 1. The summed E-state index contributed by atoms with van der Waals surface area (Å²) in [6, 6.07) is 82.8. The summed E-state index contributed by atoms with van der Waals surface area (Å²) in [6.07, 6.45) is 3.45. The molecule has 115 heavy (non-hydrogen) atoms. The number of nitrogens with zero attached hydrogens (tertiary/aromatic N) is 12. The van der Waals surface area contributed by atoms with Gasteiger partial charge in [-0.25, -0.2) is 0 Å². The maximum Gasteiger partial charge on any atom is 0.121 e. The summed E-state index contributed by atoms with van der Waals surface area (Å²) >= 11 is 15.6. The number of likely N-dealkylation sites (N-methyl/N-ethyl adjacent to an activating group) is 2. The molecule has 10 aromatic rings. The normalized spacial score (nSPS) is 15.9. The number of methoxy groups -OCH3 is 1. The highest BCUT2D eigenvalue weighted by Crippen LogP contribution is 2.53. The smallest absolute Gasteiger partial charge is 0.121 e. The van der Waals surface area contributed by atoms with Crippen molar-refractivity contribution in [1.29, 1.82) is 0 Å². The molecule has 0 saturated carbocycles. The topological polar surface area (TPSA) is 65.1 Å². The first-order valence-corrected chi connectivity index (χ1v) is 45.4. The van der Waals surface area contributed by atoms with Gasteiger partial charge in [-0.3, -0.25) is 4.90 Å². The molecule has 7 aliphatic heterocycles. The molecule has 7 aliphatic rings. The fourth-order valence-electron chi connectivity index (χ4n) is 15.6. The zero-order chi connectivity index (χ0) is 80.4. The molecule has 0 bridgehead atoms. The van der Waals surface area contributed by atoms with Crippen molar-refractivity contribution >= 4 is 127 Å².